The minimum atomic E-state index is -3.03. The zero-order valence-corrected chi connectivity index (χ0v) is 5.07. The number of nitrogens with two attached hydrogens (primary N) is 1. The van der Waals surface area contributed by atoms with Gasteiger partial charge in [-0.1, -0.05) is 0 Å². The largest absolute Gasteiger partial charge is 0.394 e. The predicted octanol–water partition coefficient (Wildman–Crippen LogP) is -2.67. The molecule has 1 unspecified atom stereocenters. The van der Waals surface area contributed by atoms with Gasteiger partial charge in [-0.15, -0.1) is 0 Å². The molecule has 0 saturated carbocycles. The highest BCUT2D eigenvalue weighted by Gasteiger charge is 2.40. The zero-order chi connectivity index (χ0) is 7.71. The molecule has 0 saturated heterocycles. The van der Waals surface area contributed by atoms with Gasteiger partial charge in [-0.3, -0.25) is 0 Å². The van der Waals surface area contributed by atoms with Crippen LogP contribution in [0, 0.1) is 0 Å². The molecule has 6 N–H and O–H groups in total. The smallest absolute Gasteiger partial charge is 0.296 e. The van der Waals surface area contributed by atoms with Gasteiger partial charge in [0, 0.05) is 0 Å². The van der Waals surface area contributed by atoms with E-state index >= 15 is 0 Å². The van der Waals surface area contributed by atoms with Gasteiger partial charge in [0.25, 0.3) is 5.97 Å². The van der Waals surface area contributed by atoms with Crippen LogP contribution < -0.4 is 5.73 Å². The average Bonchev–Trinajstić information content (AvgIpc) is 1.64. The van der Waals surface area contributed by atoms with Crippen molar-refractivity contribution in [1.29, 1.82) is 0 Å². The summed E-state index contributed by atoms with van der Waals surface area (Å²) in [6, 6.07) is 0. The molecule has 9 heavy (non-hydrogen) atoms. The van der Waals surface area contributed by atoms with Crippen molar-refractivity contribution in [2.75, 3.05) is 6.61 Å². The Morgan fingerprint density at radius 3 is 1.67 bits per heavy atom. The summed E-state index contributed by atoms with van der Waals surface area (Å²) in [6.07, 6.45) is 0. The highest BCUT2D eigenvalue weighted by Crippen LogP contribution is 2.11. The maximum Gasteiger partial charge on any atom is 0.296 e. The van der Waals surface area contributed by atoms with Gasteiger partial charge in [-0.25, -0.2) is 0 Å². The van der Waals surface area contributed by atoms with E-state index < -0.39 is 18.1 Å². The third-order valence-corrected chi connectivity index (χ3v) is 1.09. The fourth-order valence-electron chi connectivity index (χ4n) is 0.106. The Kier molecular flexibility index (Phi) is 2.15. The molecule has 0 aromatic rings. The third-order valence-electron chi connectivity index (χ3n) is 1.09. The Labute approximate surface area is 52.4 Å². The van der Waals surface area contributed by atoms with E-state index in [0.29, 0.717) is 0 Å². The quantitative estimate of drug-likeness (QED) is 0.267. The summed E-state index contributed by atoms with van der Waals surface area (Å²) in [5, 5.41) is 33.4. The van der Waals surface area contributed by atoms with E-state index in [1.165, 1.54) is 0 Å². The second kappa shape index (κ2) is 2.20. The van der Waals surface area contributed by atoms with Crippen molar-refractivity contribution in [2.45, 2.75) is 18.4 Å². The molecule has 0 spiro atoms. The van der Waals surface area contributed by atoms with Crippen LogP contribution in [0.4, 0.5) is 0 Å². The van der Waals surface area contributed by atoms with E-state index in [1.807, 2.05) is 0 Å². The molecule has 0 bridgehead atoms. The summed E-state index contributed by atoms with van der Waals surface area (Å²) in [6.45, 7) is 0.392. The fraction of sp³-hybridized carbons (Fsp3) is 1.00. The summed E-state index contributed by atoms with van der Waals surface area (Å²) in [5.41, 5.74) is 3.19. The van der Waals surface area contributed by atoms with E-state index in [-0.39, 0.29) is 0 Å². The molecule has 0 aliphatic carbocycles. The molecular formula is C4H11NO4. The number of aliphatic hydroxyl groups excluding tert-OH is 1. The minimum Gasteiger partial charge on any atom is -0.394 e. The Morgan fingerprint density at radius 2 is 1.67 bits per heavy atom. The Hall–Kier alpha value is -0.200. The van der Waals surface area contributed by atoms with Crippen molar-refractivity contribution in [2.24, 2.45) is 5.73 Å². The SMILES string of the molecule is CC(N)(CO)C(O)(O)O. The Balaban J connectivity index is 4.14. The summed E-state index contributed by atoms with van der Waals surface area (Å²) in [4.78, 5) is 0. The van der Waals surface area contributed by atoms with Gasteiger partial charge >= 0.3 is 0 Å². The molecule has 0 aliphatic rings. The molecule has 0 rings (SSSR count). The molecule has 0 fully saturated rings. The van der Waals surface area contributed by atoms with Crippen LogP contribution in [0.5, 0.6) is 0 Å². The van der Waals surface area contributed by atoms with Crippen LogP contribution in [0.2, 0.25) is 0 Å². The van der Waals surface area contributed by atoms with Gasteiger partial charge in [0.05, 0.1) is 6.61 Å². The molecule has 0 aromatic carbocycles. The van der Waals surface area contributed by atoms with Crippen molar-refractivity contribution in [3.05, 3.63) is 0 Å². The van der Waals surface area contributed by atoms with E-state index in [0.717, 1.165) is 6.92 Å². The van der Waals surface area contributed by atoms with Crippen molar-refractivity contribution < 1.29 is 20.4 Å². The van der Waals surface area contributed by atoms with Gasteiger partial charge in [-0.05, 0) is 6.92 Å². The van der Waals surface area contributed by atoms with Crippen LogP contribution in [-0.2, 0) is 0 Å². The second-order valence-corrected chi connectivity index (χ2v) is 2.21. The minimum absolute atomic E-state index is 0.712. The van der Waals surface area contributed by atoms with E-state index in [4.69, 9.17) is 26.2 Å². The van der Waals surface area contributed by atoms with Gasteiger partial charge in [0.15, 0.2) is 0 Å². The maximum absolute atomic E-state index is 8.37. The molecular weight excluding hydrogens is 126 g/mol. The Morgan fingerprint density at radius 1 is 1.33 bits per heavy atom. The number of hydrogen-bond acceptors (Lipinski definition) is 5. The topological polar surface area (TPSA) is 107 Å². The highest BCUT2D eigenvalue weighted by atomic mass is 16.7. The molecule has 0 aromatic heterocycles. The van der Waals surface area contributed by atoms with E-state index in [9.17, 15) is 0 Å². The highest BCUT2D eigenvalue weighted by molar-refractivity contribution is 4.84. The number of hydrogen-bond donors (Lipinski definition) is 5. The Bertz CT molecular complexity index is 95.2. The van der Waals surface area contributed by atoms with Crippen LogP contribution in [0.25, 0.3) is 0 Å². The molecule has 0 heterocycles. The summed E-state index contributed by atoms with van der Waals surface area (Å²) < 4.78 is 0. The monoisotopic (exact) mass is 137 g/mol. The lowest BCUT2D eigenvalue weighted by Crippen LogP contribution is -2.61. The lowest BCUT2D eigenvalue weighted by atomic mass is 10.0. The van der Waals surface area contributed by atoms with Crippen LogP contribution in [-0.4, -0.2) is 38.5 Å². The van der Waals surface area contributed by atoms with E-state index in [2.05, 4.69) is 0 Å². The van der Waals surface area contributed by atoms with Crippen molar-refractivity contribution >= 4 is 0 Å². The molecule has 56 valence electrons. The van der Waals surface area contributed by atoms with Crippen molar-refractivity contribution in [1.82, 2.24) is 0 Å². The van der Waals surface area contributed by atoms with Gasteiger partial charge in [0.1, 0.15) is 5.54 Å². The van der Waals surface area contributed by atoms with Crippen LogP contribution in [0.3, 0.4) is 0 Å². The van der Waals surface area contributed by atoms with Gasteiger partial charge in [0.2, 0.25) is 0 Å². The molecule has 1 atom stereocenters. The number of rotatable bonds is 2. The lowest BCUT2D eigenvalue weighted by Gasteiger charge is -2.30. The molecule has 5 heteroatoms. The van der Waals surface area contributed by atoms with Crippen LogP contribution >= 0.6 is 0 Å². The van der Waals surface area contributed by atoms with Crippen LogP contribution in [0.1, 0.15) is 6.92 Å². The second-order valence-electron chi connectivity index (χ2n) is 2.21. The first-order valence-electron chi connectivity index (χ1n) is 2.38. The summed E-state index contributed by atoms with van der Waals surface area (Å²) >= 11 is 0. The summed E-state index contributed by atoms with van der Waals surface area (Å²) in [5.74, 6) is -3.03. The lowest BCUT2D eigenvalue weighted by molar-refractivity contribution is -0.348. The van der Waals surface area contributed by atoms with Crippen LogP contribution in [0.15, 0.2) is 0 Å². The first-order chi connectivity index (χ1) is 3.81. The van der Waals surface area contributed by atoms with Crippen molar-refractivity contribution in [3.63, 3.8) is 0 Å². The number of aliphatic hydroxyl groups is 4. The standard InChI is InChI=1S/C4H11NO4/c1-3(5,2-6)4(7,8)9/h6-9H,2,5H2,1H3. The van der Waals surface area contributed by atoms with Crippen molar-refractivity contribution in [3.8, 4) is 0 Å². The summed E-state index contributed by atoms with van der Waals surface area (Å²) in [7, 11) is 0. The first kappa shape index (κ1) is 8.80. The predicted molar refractivity (Wildman–Crippen MR) is 29.1 cm³/mol. The molecule has 0 radical (unpaired) electrons. The van der Waals surface area contributed by atoms with Gasteiger partial charge in [-0.2, -0.15) is 0 Å². The molecule has 0 amide bonds. The maximum atomic E-state index is 8.37. The van der Waals surface area contributed by atoms with Gasteiger partial charge < -0.3 is 26.2 Å². The third kappa shape index (κ3) is 1.88. The fourth-order valence-corrected chi connectivity index (χ4v) is 0.106. The first-order valence-corrected chi connectivity index (χ1v) is 2.38. The normalized spacial score (nSPS) is 19.3. The van der Waals surface area contributed by atoms with E-state index in [1.54, 1.807) is 0 Å². The zero-order valence-electron chi connectivity index (χ0n) is 5.07. The average molecular weight is 137 g/mol. The molecule has 5 nitrogen and oxygen atoms in total. The molecule has 0 aliphatic heterocycles.